The molecule has 2 N–H and O–H groups in total. The van der Waals surface area contributed by atoms with E-state index < -0.39 is 6.04 Å². The van der Waals surface area contributed by atoms with E-state index in [9.17, 15) is 4.79 Å². The van der Waals surface area contributed by atoms with Crippen molar-refractivity contribution in [1.82, 2.24) is 0 Å². The summed E-state index contributed by atoms with van der Waals surface area (Å²) in [6.07, 6.45) is 0. The van der Waals surface area contributed by atoms with Crippen LogP contribution in [0.15, 0.2) is 24.3 Å². The molecule has 17 heavy (non-hydrogen) atoms. The highest BCUT2D eigenvalue weighted by Gasteiger charge is 2.06. The van der Waals surface area contributed by atoms with Gasteiger partial charge in [0, 0.05) is 0 Å². The first-order valence-corrected chi connectivity index (χ1v) is 5.07. The van der Waals surface area contributed by atoms with Crippen molar-refractivity contribution in [3.8, 4) is 6.07 Å². The van der Waals surface area contributed by atoms with E-state index in [1.807, 2.05) is 12.1 Å². The summed E-state index contributed by atoms with van der Waals surface area (Å²) in [5.74, 6) is -0.388. The molecule has 0 aliphatic heterocycles. The summed E-state index contributed by atoms with van der Waals surface area (Å²) >= 11 is 0. The lowest BCUT2D eigenvalue weighted by atomic mass is 10.1. The summed E-state index contributed by atoms with van der Waals surface area (Å²) < 4.78 is 9.85. The Balaban J connectivity index is 2.55. The maximum atomic E-state index is 11.3. The fourth-order valence-electron chi connectivity index (χ4n) is 1.25. The summed E-state index contributed by atoms with van der Waals surface area (Å²) in [6.45, 7) is 0.471. The summed E-state index contributed by atoms with van der Waals surface area (Å²) in [5.41, 5.74) is 6.68. The number of hydrogen-bond donors (Lipinski definition) is 1. The Bertz CT molecular complexity index is 426. The van der Waals surface area contributed by atoms with Crippen LogP contribution in [0.2, 0.25) is 0 Å². The van der Waals surface area contributed by atoms with E-state index >= 15 is 0 Å². The number of nitriles is 1. The van der Waals surface area contributed by atoms with Crippen LogP contribution in [0.4, 0.5) is 0 Å². The van der Waals surface area contributed by atoms with Gasteiger partial charge in [0.25, 0.3) is 0 Å². The lowest BCUT2D eigenvalue weighted by Gasteiger charge is -2.06. The monoisotopic (exact) mass is 234 g/mol. The van der Waals surface area contributed by atoms with Crippen LogP contribution >= 0.6 is 0 Å². The van der Waals surface area contributed by atoms with Crippen LogP contribution in [0.5, 0.6) is 0 Å². The Morgan fingerprint density at radius 1 is 1.59 bits per heavy atom. The van der Waals surface area contributed by atoms with Gasteiger partial charge in [0.1, 0.15) is 6.04 Å². The number of hydrogen-bond acceptors (Lipinski definition) is 5. The molecule has 90 valence electrons. The van der Waals surface area contributed by atoms with E-state index in [1.54, 1.807) is 18.2 Å². The Morgan fingerprint density at radius 3 is 3.00 bits per heavy atom. The third-order valence-electron chi connectivity index (χ3n) is 2.08. The largest absolute Gasteiger partial charge is 0.465 e. The lowest BCUT2D eigenvalue weighted by molar-refractivity contribution is 0.0600. The molecule has 0 aliphatic rings. The fraction of sp³-hybridized carbons (Fsp3) is 0.333. The Hall–Kier alpha value is -1.90. The first-order valence-electron chi connectivity index (χ1n) is 5.07. The minimum Gasteiger partial charge on any atom is -0.465 e. The molecule has 0 aromatic heterocycles. The van der Waals surface area contributed by atoms with Crippen LogP contribution < -0.4 is 5.73 Å². The quantitative estimate of drug-likeness (QED) is 0.763. The summed E-state index contributed by atoms with van der Waals surface area (Å²) in [4.78, 5) is 11.3. The molecule has 0 amide bonds. The number of nitrogens with zero attached hydrogens (tertiary/aromatic N) is 1. The van der Waals surface area contributed by atoms with E-state index in [2.05, 4.69) is 4.74 Å². The second kappa shape index (κ2) is 6.63. The summed E-state index contributed by atoms with van der Waals surface area (Å²) in [5, 5.41) is 8.46. The zero-order valence-corrected chi connectivity index (χ0v) is 9.55. The predicted molar refractivity (Wildman–Crippen MR) is 61.0 cm³/mol. The van der Waals surface area contributed by atoms with Crippen molar-refractivity contribution in [1.29, 1.82) is 5.26 Å². The molecule has 1 atom stereocenters. The van der Waals surface area contributed by atoms with Gasteiger partial charge in [-0.1, -0.05) is 12.1 Å². The predicted octanol–water partition coefficient (Wildman–Crippen LogP) is 0.841. The highest BCUT2D eigenvalue weighted by molar-refractivity contribution is 5.89. The van der Waals surface area contributed by atoms with E-state index in [0.29, 0.717) is 12.2 Å². The number of benzene rings is 1. The second-order valence-electron chi connectivity index (χ2n) is 3.44. The SMILES string of the molecule is COC(=O)c1cccc(COC[C@H](N)C#N)c1. The van der Waals surface area contributed by atoms with Crippen LogP contribution in [0.25, 0.3) is 0 Å². The third-order valence-corrected chi connectivity index (χ3v) is 2.08. The van der Waals surface area contributed by atoms with Crippen LogP contribution in [-0.4, -0.2) is 25.7 Å². The standard InChI is InChI=1S/C12H14N2O3/c1-16-12(15)10-4-2-3-9(5-10)7-17-8-11(14)6-13/h2-5,11H,7-8,14H2,1H3/t11-/m1/s1. The smallest absolute Gasteiger partial charge is 0.337 e. The molecule has 0 fully saturated rings. The van der Waals surface area contributed by atoms with Crippen LogP contribution in [0, 0.1) is 11.3 Å². The molecule has 0 spiro atoms. The number of methoxy groups -OCH3 is 1. The number of ether oxygens (including phenoxy) is 2. The number of rotatable bonds is 5. The van der Waals surface area contributed by atoms with Gasteiger partial charge in [-0.05, 0) is 17.7 Å². The molecule has 5 nitrogen and oxygen atoms in total. The maximum absolute atomic E-state index is 11.3. The number of nitrogens with two attached hydrogens (primary N) is 1. The van der Waals surface area contributed by atoms with Crippen LogP contribution in [0.3, 0.4) is 0 Å². The van der Waals surface area contributed by atoms with Gasteiger partial charge in [0.15, 0.2) is 0 Å². The Kier molecular flexibility index (Phi) is 5.14. The van der Waals surface area contributed by atoms with E-state index in [1.165, 1.54) is 7.11 Å². The van der Waals surface area contributed by atoms with Gasteiger partial charge in [-0.25, -0.2) is 4.79 Å². The average Bonchev–Trinajstić information content (AvgIpc) is 2.38. The molecule has 1 aromatic carbocycles. The molecule has 1 aromatic rings. The first kappa shape index (κ1) is 13.2. The highest BCUT2D eigenvalue weighted by Crippen LogP contribution is 2.07. The fourth-order valence-corrected chi connectivity index (χ4v) is 1.25. The van der Waals surface area contributed by atoms with Crippen molar-refractivity contribution >= 4 is 5.97 Å². The molecule has 0 radical (unpaired) electrons. The van der Waals surface area contributed by atoms with Crippen molar-refractivity contribution in [3.05, 3.63) is 35.4 Å². The van der Waals surface area contributed by atoms with Crippen molar-refractivity contribution in [3.63, 3.8) is 0 Å². The van der Waals surface area contributed by atoms with Crippen molar-refractivity contribution < 1.29 is 14.3 Å². The molecule has 0 saturated heterocycles. The van der Waals surface area contributed by atoms with Gasteiger partial charge >= 0.3 is 5.97 Å². The molecule has 0 unspecified atom stereocenters. The molecule has 0 bridgehead atoms. The molecular formula is C12H14N2O3. The maximum Gasteiger partial charge on any atom is 0.337 e. The highest BCUT2D eigenvalue weighted by atomic mass is 16.5. The molecular weight excluding hydrogens is 220 g/mol. The van der Waals surface area contributed by atoms with Gasteiger partial charge < -0.3 is 15.2 Å². The molecule has 0 aliphatic carbocycles. The van der Waals surface area contributed by atoms with Crippen LogP contribution in [0.1, 0.15) is 15.9 Å². The van der Waals surface area contributed by atoms with E-state index in [0.717, 1.165) is 5.56 Å². The van der Waals surface area contributed by atoms with Gasteiger partial charge in [0.05, 0.1) is 32.0 Å². The zero-order valence-electron chi connectivity index (χ0n) is 9.55. The van der Waals surface area contributed by atoms with Gasteiger partial charge in [-0.2, -0.15) is 5.26 Å². The van der Waals surface area contributed by atoms with Crippen molar-refractivity contribution in [2.45, 2.75) is 12.6 Å². The number of carbonyl (C=O) groups is 1. The second-order valence-corrected chi connectivity index (χ2v) is 3.44. The van der Waals surface area contributed by atoms with Crippen molar-refractivity contribution in [2.75, 3.05) is 13.7 Å². The normalized spacial score (nSPS) is 11.6. The average molecular weight is 234 g/mol. The molecule has 5 heteroatoms. The minimum atomic E-state index is -0.626. The molecule has 0 heterocycles. The van der Waals surface area contributed by atoms with Crippen molar-refractivity contribution in [2.24, 2.45) is 5.73 Å². The number of esters is 1. The zero-order chi connectivity index (χ0) is 12.7. The minimum absolute atomic E-state index is 0.166. The first-order chi connectivity index (χ1) is 8.17. The third kappa shape index (κ3) is 4.23. The molecule has 0 saturated carbocycles. The van der Waals surface area contributed by atoms with Crippen LogP contribution in [-0.2, 0) is 16.1 Å². The lowest BCUT2D eigenvalue weighted by Crippen LogP contribution is -2.23. The summed E-state index contributed by atoms with van der Waals surface area (Å²) in [7, 11) is 1.33. The summed E-state index contributed by atoms with van der Waals surface area (Å²) in [6, 6.07) is 8.16. The Morgan fingerprint density at radius 2 is 2.35 bits per heavy atom. The van der Waals surface area contributed by atoms with Gasteiger partial charge in [0.2, 0.25) is 0 Å². The van der Waals surface area contributed by atoms with Gasteiger partial charge in [-0.3, -0.25) is 0 Å². The molecule has 1 rings (SSSR count). The van der Waals surface area contributed by atoms with E-state index in [4.69, 9.17) is 15.7 Å². The Labute approximate surface area is 99.7 Å². The van der Waals surface area contributed by atoms with Gasteiger partial charge in [-0.15, -0.1) is 0 Å². The topological polar surface area (TPSA) is 85.3 Å². The van der Waals surface area contributed by atoms with E-state index in [-0.39, 0.29) is 12.6 Å². The number of carbonyl (C=O) groups excluding carboxylic acids is 1.